The van der Waals surface area contributed by atoms with Crippen molar-refractivity contribution >= 4 is 12.2 Å². The molecule has 0 atom stereocenters. The van der Waals surface area contributed by atoms with Gasteiger partial charge in [0.05, 0.1) is 11.3 Å². The van der Waals surface area contributed by atoms with Gasteiger partial charge in [-0.15, -0.1) is 0 Å². The number of anilines is 1. The predicted molar refractivity (Wildman–Crippen MR) is 79.6 cm³/mol. The first-order chi connectivity index (χ1) is 10.3. The van der Waals surface area contributed by atoms with E-state index in [1.165, 1.54) is 0 Å². The molecule has 2 aromatic heterocycles. The van der Waals surface area contributed by atoms with E-state index >= 15 is 0 Å². The standard InChI is InChI=1S/C16H13N3O2/c1-11-15(16(18-10-20)19-21-11)14-9-13(7-8-17-14)12-5-3-2-4-6-12/h2-10H,1H3,(H,18,19,20). The van der Waals surface area contributed by atoms with Crippen molar-refractivity contribution < 1.29 is 9.32 Å². The Morgan fingerprint density at radius 3 is 2.71 bits per heavy atom. The Morgan fingerprint density at radius 2 is 1.95 bits per heavy atom. The highest BCUT2D eigenvalue weighted by atomic mass is 16.5. The molecule has 0 saturated heterocycles. The van der Waals surface area contributed by atoms with Crippen LogP contribution in [0.5, 0.6) is 0 Å². The van der Waals surface area contributed by atoms with Crippen molar-refractivity contribution in [3.63, 3.8) is 0 Å². The third-order valence-corrected chi connectivity index (χ3v) is 3.18. The molecule has 1 amide bonds. The average molecular weight is 279 g/mol. The van der Waals surface area contributed by atoms with E-state index in [0.717, 1.165) is 11.1 Å². The fourth-order valence-electron chi connectivity index (χ4n) is 2.21. The zero-order chi connectivity index (χ0) is 14.7. The number of amides is 1. The molecule has 3 rings (SSSR count). The second kappa shape index (κ2) is 5.58. The second-order valence-electron chi connectivity index (χ2n) is 4.52. The third-order valence-electron chi connectivity index (χ3n) is 3.18. The summed E-state index contributed by atoms with van der Waals surface area (Å²) in [5, 5.41) is 6.36. The average Bonchev–Trinajstić information content (AvgIpc) is 2.89. The number of pyridine rings is 1. The summed E-state index contributed by atoms with van der Waals surface area (Å²) in [4.78, 5) is 15.0. The molecule has 0 saturated carbocycles. The van der Waals surface area contributed by atoms with Gasteiger partial charge in [0.1, 0.15) is 5.76 Å². The van der Waals surface area contributed by atoms with E-state index in [2.05, 4.69) is 15.5 Å². The van der Waals surface area contributed by atoms with E-state index < -0.39 is 0 Å². The van der Waals surface area contributed by atoms with Gasteiger partial charge in [0.2, 0.25) is 6.41 Å². The maximum Gasteiger partial charge on any atom is 0.212 e. The maximum absolute atomic E-state index is 10.6. The minimum absolute atomic E-state index is 0.375. The Bertz CT molecular complexity index is 766. The van der Waals surface area contributed by atoms with Crippen LogP contribution in [0.2, 0.25) is 0 Å². The zero-order valence-corrected chi connectivity index (χ0v) is 11.4. The van der Waals surface area contributed by atoms with Crippen molar-refractivity contribution in [1.29, 1.82) is 0 Å². The Kier molecular flexibility index (Phi) is 3.47. The summed E-state index contributed by atoms with van der Waals surface area (Å²) in [6.45, 7) is 1.79. The lowest BCUT2D eigenvalue weighted by Crippen LogP contribution is -1.97. The Balaban J connectivity index is 2.08. The zero-order valence-electron chi connectivity index (χ0n) is 11.4. The number of aromatic nitrogens is 2. The number of nitrogens with zero attached hydrogens (tertiary/aromatic N) is 2. The summed E-state index contributed by atoms with van der Waals surface area (Å²) in [5.74, 6) is 0.984. The number of nitrogens with one attached hydrogen (secondary N) is 1. The molecule has 0 aliphatic carbocycles. The molecule has 0 unspecified atom stereocenters. The number of hydrogen-bond acceptors (Lipinski definition) is 4. The molecule has 0 aliphatic heterocycles. The normalized spacial score (nSPS) is 10.3. The first-order valence-corrected chi connectivity index (χ1v) is 6.48. The van der Waals surface area contributed by atoms with Crippen LogP contribution < -0.4 is 5.32 Å². The smallest absolute Gasteiger partial charge is 0.212 e. The number of benzene rings is 1. The van der Waals surface area contributed by atoms with Gasteiger partial charge in [0, 0.05) is 6.20 Å². The van der Waals surface area contributed by atoms with Gasteiger partial charge in [-0.3, -0.25) is 9.78 Å². The first-order valence-electron chi connectivity index (χ1n) is 6.48. The fourth-order valence-corrected chi connectivity index (χ4v) is 2.21. The molecule has 0 fully saturated rings. The van der Waals surface area contributed by atoms with Crippen molar-refractivity contribution in [1.82, 2.24) is 10.1 Å². The summed E-state index contributed by atoms with van der Waals surface area (Å²) in [5.41, 5.74) is 3.54. The fraction of sp³-hybridized carbons (Fsp3) is 0.0625. The third kappa shape index (κ3) is 2.53. The molecule has 21 heavy (non-hydrogen) atoms. The van der Waals surface area contributed by atoms with Crippen LogP contribution in [0.4, 0.5) is 5.82 Å². The van der Waals surface area contributed by atoms with E-state index in [4.69, 9.17) is 4.52 Å². The van der Waals surface area contributed by atoms with Crippen LogP contribution in [0.25, 0.3) is 22.4 Å². The van der Waals surface area contributed by atoms with Gasteiger partial charge in [-0.1, -0.05) is 35.5 Å². The van der Waals surface area contributed by atoms with Gasteiger partial charge in [-0.2, -0.15) is 0 Å². The van der Waals surface area contributed by atoms with E-state index in [9.17, 15) is 4.79 Å². The van der Waals surface area contributed by atoms with Crippen molar-refractivity contribution in [2.24, 2.45) is 0 Å². The highest BCUT2D eigenvalue weighted by Gasteiger charge is 2.16. The summed E-state index contributed by atoms with van der Waals surface area (Å²) in [7, 11) is 0. The topological polar surface area (TPSA) is 68.0 Å². The van der Waals surface area contributed by atoms with Crippen LogP contribution >= 0.6 is 0 Å². The van der Waals surface area contributed by atoms with Crippen molar-refractivity contribution in [3.05, 3.63) is 54.4 Å². The number of hydrogen-bond donors (Lipinski definition) is 1. The Hall–Kier alpha value is -2.95. The molecule has 5 heteroatoms. The summed E-state index contributed by atoms with van der Waals surface area (Å²) >= 11 is 0. The van der Waals surface area contributed by atoms with Crippen LogP contribution in [0.3, 0.4) is 0 Å². The summed E-state index contributed by atoms with van der Waals surface area (Å²) in [6.07, 6.45) is 2.30. The highest BCUT2D eigenvalue weighted by Crippen LogP contribution is 2.31. The molecule has 2 heterocycles. The predicted octanol–water partition coefficient (Wildman–Crippen LogP) is 3.28. The highest BCUT2D eigenvalue weighted by molar-refractivity contribution is 5.83. The van der Waals surface area contributed by atoms with Crippen LogP contribution in [-0.4, -0.2) is 16.6 Å². The van der Waals surface area contributed by atoms with Gasteiger partial charge in [-0.25, -0.2) is 0 Å². The Morgan fingerprint density at radius 1 is 1.14 bits per heavy atom. The number of carbonyl (C=O) groups excluding carboxylic acids is 1. The van der Waals surface area contributed by atoms with E-state index in [0.29, 0.717) is 29.2 Å². The minimum Gasteiger partial charge on any atom is -0.359 e. The summed E-state index contributed by atoms with van der Waals surface area (Å²) < 4.78 is 5.14. The molecular weight excluding hydrogens is 266 g/mol. The monoisotopic (exact) mass is 279 g/mol. The molecule has 1 N–H and O–H groups in total. The molecule has 0 bridgehead atoms. The SMILES string of the molecule is Cc1onc(NC=O)c1-c1cc(-c2ccccc2)ccn1. The summed E-state index contributed by atoms with van der Waals surface area (Å²) in [6, 6.07) is 13.9. The molecule has 1 aromatic carbocycles. The van der Waals surface area contributed by atoms with E-state index in [1.54, 1.807) is 13.1 Å². The van der Waals surface area contributed by atoms with Crippen molar-refractivity contribution in [2.75, 3.05) is 5.32 Å². The van der Waals surface area contributed by atoms with Gasteiger partial charge in [0.15, 0.2) is 5.82 Å². The van der Waals surface area contributed by atoms with Gasteiger partial charge in [-0.05, 0) is 30.2 Å². The van der Waals surface area contributed by atoms with Crippen molar-refractivity contribution in [3.8, 4) is 22.4 Å². The lowest BCUT2D eigenvalue weighted by molar-refractivity contribution is -0.105. The lowest BCUT2D eigenvalue weighted by atomic mass is 10.0. The van der Waals surface area contributed by atoms with Crippen LogP contribution in [0.15, 0.2) is 53.2 Å². The Labute approximate surface area is 121 Å². The first kappa shape index (κ1) is 13.1. The van der Waals surface area contributed by atoms with Gasteiger partial charge < -0.3 is 9.84 Å². The molecule has 3 aromatic rings. The van der Waals surface area contributed by atoms with Crippen LogP contribution in [0, 0.1) is 6.92 Å². The van der Waals surface area contributed by atoms with Crippen LogP contribution in [-0.2, 0) is 4.79 Å². The van der Waals surface area contributed by atoms with Crippen molar-refractivity contribution in [2.45, 2.75) is 6.92 Å². The number of aryl methyl sites for hydroxylation is 1. The lowest BCUT2D eigenvalue weighted by Gasteiger charge is -2.05. The van der Waals surface area contributed by atoms with Crippen LogP contribution in [0.1, 0.15) is 5.76 Å². The largest absolute Gasteiger partial charge is 0.359 e. The minimum atomic E-state index is 0.375. The quantitative estimate of drug-likeness (QED) is 0.744. The molecule has 0 aliphatic rings. The maximum atomic E-state index is 10.6. The molecule has 5 nitrogen and oxygen atoms in total. The number of carbonyl (C=O) groups is 1. The molecular formula is C16H13N3O2. The van der Waals surface area contributed by atoms with E-state index in [1.807, 2.05) is 42.5 Å². The van der Waals surface area contributed by atoms with E-state index in [-0.39, 0.29) is 0 Å². The second-order valence-corrected chi connectivity index (χ2v) is 4.52. The molecule has 0 radical (unpaired) electrons. The van der Waals surface area contributed by atoms with Gasteiger partial charge in [0.25, 0.3) is 0 Å². The molecule has 0 spiro atoms. The molecule has 104 valence electrons. The van der Waals surface area contributed by atoms with Gasteiger partial charge >= 0.3 is 0 Å². The number of rotatable bonds is 4.